The number of anilines is 1. The zero-order valence-corrected chi connectivity index (χ0v) is 11.7. The molecule has 2 aromatic rings. The highest BCUT2D eigenvalue weighted by Crippen LogP contribution is 2.26. The van der Waals surface area contributed by atoms with Gasteiger partial charge in [-0.2, -0.15) is 5.10 Å². The Morgan fingerprint density at radius 3 is 2.56 bits per heavy atom. The molecule has 0 amide bonds. The number of hydrogen-bond acceptors (Lipinski definition) is 4. The minimum Gasteiger partial charge on any atom is -0.253 e. The van der Waals surface area contributed by atoms with Crippen LogP contribution in [0.4, 0.5) is 5.13 Å². The Balaban J connectivity index is 1.99. The third-order valence-corrected chi connectivity index (χ3v) is 3.19. The van der Waals surface area contributed by atoms with Crippen molar-refractivity contribution < 1.29 is 0 Å². The van der Waals surface area contributed by atoms with Crippen LogP contribution in [0.2, 0.25) is 0 Å². The van der Waals surface area contributed by atoms with E-state index >= 15 is 0 Å². The maximum Gasteiger partial charge on any atom is 0.203 e. The molecule has 1 heterocycles. The summed E-state index contributed by atoms with van der Waals surface area (Å²) in [5, 5.41) is 7.08. The van der Waals surface area contributed by atoms with E-state index in [4.69, 9.17) is 0 Å². The Labute approximate surface area is 112 Å². The van der Waals surface area contributed by atoms with Crippen LogP contribution in [0.1, 0.15) is 32.0 Å². The van der Waals surface area contributed by atoms with Crippen LogP contribution < -0.4 is 5.43 Å². The van der Waals surface area contributed by atoms with Crippen LogP contribution in [0.25, 0.3) is 0 Å². The number of thiazole rings is 1. The Kier molecular flexibility index (Phi) is 3.77. The molecule has 0 unspecified atom stereocenters. The van der Waals surface area contributed by atoms with E-state index in [1.165, 1.54) is 0 Å². The van der Waals surface area contributed by atoms with Gasteiger partial charge >= 0.3 is 0 Å². The SMILES string of the molecule is CC(C)(C)c1csc(N/N=C/c2ccccc2)n1. The lowest BCUT2D eigenvalue weighted by molar-refractivity contribution is 0.573. The van der Waals surface area contributed by atoms with Gasteiger partial charge in [-0.25, -0.2) is 4.98 Å². The molecule has 4 heteroatoms. The monoisotopic (exact) mass is 259 g/mol. The Hall–Kier alpha value is -1.68. The molecule has 0 saturated heterocycles. The topological polar surface area (TPSA) is 37.3 Å². The highest BCUT2D eigenvalue weighted by Gasteiger charge is 2.17. The lowest BCUT2D eigenvalue weighted by atomic mass is 9.93. The average molecular weight is 259 g/mol. The van der Waals surface area contributed by atoms with Crippen molar-refractivity contribution in [3.63, 3.8) is 0 Å². The summed E-state index contributed by atoms with van der Waals surface area (Å²) >= 11 is 1.58. The van der Waals surface area contributed by atoms with Gasteiger partial charge in [-0.3, -0.25) is 5.43 Å². The molecule has 0 spiro atoms. The predicted octanol–water partition coefficient (Wildman–Crippen LogP) is 3.89. The van der Waals surface area contributed by atoms with Crippen molar-refractivity contribution in [2.75, 3.05) is 5.43 Å². The molecule has 94 valence electrons. The van der Waals surface area contributed by atoms with Crippen LogP contribution in [0.15, 0.2) is 40.8 Å². The molecule has 0 bridgehead atoms. The Morgan fingerprint density at radius 1 is 1.22 bits per heavy atom. The van der Waals surface area contributed by atoms with Crippen molar-refractivity contribution in [2.45, 2.75) is 26.2 Å². The number of nitrogens with one attached hydrogen (secondary N) is 1. The van der Waals surface area contributed by atoms with Crippen LogP contribution >= 0.6 is 11.3 Å². The molecule has 2 rings (SSSR count). The largest absolute Gasteiger partial charge is 0.253 e. The number of aromatic nitrogens is 1. The summed E-state index contributed by atoms with van der Waals surface area (Å²) in [5.41, 5.74) is 5.20. The van der Waals surface area contributed by atoms with E-state index in [1.54, 1.807) is 17.6 Å². The van der Waals surface area contributed by atoms with Gasteiger partial charge in [0.25, 0.3) is 0 Å². The molecule has 0 aliphatic heterocycles. The summed E-state index contributed by atoms with van der Waals surface area (Å²) in [6, 6.07) is 9.98. The van der Waals surface area contributed by atoms with Gasteiger partial charge in [-0.1, -0.05) is 51.1 Å². The zero-order chi connectivity index (χ0) is 13.0. The van der Waals surface area contributed by atoms with Gasteiger partial charge in [0.2, 0.25) is 5.13 Å². The molecule has 0 aliphatic rings. The fourth-order valence-electron chi connectivity index (χ4n) is 1.37. The highest BCUT2D eigenvalue weighted by molar-refractivity contribution is 7.13. The number of rotatable bonds is 3. The normalized spacial score (nSPS) is 11.9. The van der Waals surface area contributed by atoms with Crippen molar-refractivity contribution in [3.8, 4) is 0 Å². The maximum atomic E-state index is 4.51. The van der Waals surface area contributed by atoms with Gasteiger partial charge < -0.3 is 0 Å². The first-order valence-corrected chi connectivity index (χ1v) is 6.74. The minimum atomic E-state index is 0.0829. The fourth-order valence-corrected chi connectivity index (χ4v) is 2.26. The van der Waals surface area contributed by atoms with Crippen LogP contribution in [-0.4, -0.2) is 11.2 Å². The smallest absolute Gasteiger partial charge is 0.203 e. The van der Waals surface area contributed by atoms with Crippen molar-refractivity contribution in [1.82, 2.24) is 4.98 Å². The van der Waals surface area contributed by atoms with Crippen LogP contribution in [0, 0.1) is 0 Å². The molecule has 0 aliphatic carbocycles. The van der Waals surface area contributed by atoms with E-state index < -0.39 is 0 Å². The highest BCUT2D eigenvalue weighted by atomic mass is 32.1. The fraction of sp³-hybridized carbons (Fsp3) is 0.286. The summed E-state index contributed by atoms with van der Waals surface area (Å²) in [6.45, 7) is 6.46. The van der Waals surface area contributed by atoms with Gasteiger partial charge in [0.1, 0.15) is 0 Å². The van der Waals surface area contributed by atoms with E-state index in [1.807, 2.05) is 30.3 Å². The first kappa shape index (κ1) is 12.8. The van der Waals surface area contributed by atoms with Crippen LogP contribution in [0.5, 0.6) is 0 Å². The first-order chi connectivity index (χ1) is 8.55. The van der Waals surface area contributed by atoms with E-state index in [9.17, 15) is 0 Å². The zero-order valence-electron chi connectivity index (χ0n) is 10.8. The average Bonchev–Trinajstić information content (AvgIpc) is 2.79. The quantitative estimate of drug-likeness (QED) is 0.670. The van der Waals surface area contributed by atoms with Gasteiger partial charge in [-0.15, -0.1) is 11.3 Å². The van der Waals surface area contributed by atoms with Crippen molar-refractivity contribution in [1.29, 1.82) is 0 Å². The van der Waals surface area contributed by atoms with Gasteiger partial charge in [0, 0.05) is 10.8 Å². The second-order valence-corrected chi connectivity index (χ2v) is 5.93. The number of benzene rings is 1. The van der Waals surface area contributed by atoms with Gasteiger partial charge in [-0.05, 0) is 5.56 Å². The number of hydrazone groups is 1. The molecule has 1 aromatic carbocycles. The molecule has 3 nitrogen and oxygen atoms in total. The lowest BCUT2D eigenvalue weighted by Crippen LogP contribution is -2.11. The number of hydrogen-bond donors (Lipinski definition) is 1. The summed E-state index contributed by atoms with van der Waals surface area (Å²) in [5.74, 6) is 0. The standard InChI is InChI=1S/C14H17N3S/c1-14(2,3)12-10-18-13(16-12)17-15-9-11-7-5-4-6-8-11/h4-10H,1-3H3,(H,16,17)/b15-9+. The summed E-state index contributed by atoms with van der Waals surface area (Å²) < 4.78 is 0. The van der Waals surface area contributed by atoms with E-state index in [2.05, 4.69) is 41.7 Å². The van der Waals surface area contributed by atoms with Crippen LogP contribution in [-0.2, 0) is 5.41 Å². The molecule has 1 N–H and O–H groups in total. The van der Waals surface area contributed by atoms with Gasteiger partial charge in [0.15, 0.2) is 0 Å². The predicted molar refractivity (Wildman–Crippen MR) is 78.5 cm³/mol. The van der Waals surface area contributed by atoms with Crippen molar-refractivity contribution in [2.24, 2.45) is 5.10 Å². The lowest BCUT2D eigenvalue weighted by Gasteiger charge is -2.13. The summed E-state index contributed by atoms with van der Waals surface area (Å²) in [7, 11) is 0. The third kappa shape index (κ3) is 3.40. The van der Waals surface area contributed by atoms with Crippen LogP contribution in [0.3, 0.4) is 0 Å². The van der Waals surface area contributed by atoms with E-state index in [-0.39, 0.29) is 5.41 Å². The van der Waals surface area contributed by atoms with Crippen molar-refractivity contribution in [3.05, 3.63) is 47.0 Å². The van der Waals surface area contributed by atoms with Gasteiger partial charge in [0.05, 0.1) is 11.9 Å². The minimum absolute atomic E-state index is 0.0829. The molecule has 0 atom stereocenters. The molecular weight excluding hydrogens is 242 g/mol. The second kappa shape index (κ2) is 5.31. The molecule has 0 fully saturated rings. The van der Waals surface area contributed by atoms with E-state index in [0.717, 1.165) is 16.4 Å². The molecule has 0 saturated carbocycles. The third-order valence-electron chi connectivity index (χ3n) is 2.45. The summed E-state index contributed by atoms with van der Waals surface area (Å²) in [6.07, 6.45) is 1.79. The van der Waals surface area contributed by atoms with E-state index in [0.29, 0.717) is 0 Å². The molecule has 1 aromatic heterocycles. The maximum absolute atomic E-state index is 4.51. The Bertz CT molecular complexity index is 523. The first-order valence-electron chi connectivity index (χ1n) is 5.86. The number of nitrogens with zero attached hydrogens (tertiary/aromatic N) is 2. The second-order valence-electron chi connectivity index (χ2n) is 5.07. The molecular formula is C14H17N3S. The summed E-state index contributed by atoms with van der Waals surface area (Å²) in [4.78, 5) is 4.51. The molecule has 18 heavy (non-hydrogen) atoms. The Morgan fingerprint density at radius 2 is 1.94 bits per heavy atom. The molecule has 0 radical (unpaired) electrons. The van der Waals surface area contributed by atoms with Crippen molar-refractivity contribution >= 4 is 22.7 Å².